The van der Waals surface area contributed by atoms with Gasteiger partial charge in [-0.25, -0.2) is 0 Å². The lowest BCUT2D eigenvalue weighted by molar-refractivity contribution is -0.0498. The van der Waals surface area contributed by atoms with E-state index in [4.69, 9.17) is 0 Å². The molecule has 0 aliphatic carbocycles. The fourth-order valence-corrected chi connectivity index (χ4v) is 3.23. The monoisotopic (exact) mass is 380 g/mol. The molecule has 0 atom stereocenters. The second-order valence-electron chi connectivity index (χ2n) is 7.02. The van der Waals surface area contributed by atoms with Crippen molar-refractivity contribution in [2.75, 3.05) is 0 Å². The molecule has 3 rings (SSSR count). The van der Waals surface area contributed by atoms with E-state index in [0.717, 1.165) is 30.4 Å². The zero-order valence-corrected chi connectivity index (χ0v) is 16.2. The zero-order chi connectivity index (χ0) is 19.8. The maximum absolute atomic E-state index is 12.2. The molecule has 0 aliphatic rings. The van der Waals surface area contributed by atoms with Crippen LogP contribution >= 0.6 is 0 Å². The van der Waals surface area contributed by atoms with Crippen LogP contribution in [0.25, 0.3) is 11.1 Å². The molecule has 0 fully saturated rings. The molecular weight excluding hydrogens is 354 g/mol. The first-order valence-corrected chi connectivity index (χ1v) is 9.86. The van der Waals surface area contributed by atoms with Crippen LogP contribution < -0.4 is 4.74 Å². The number of hydrogen-bond donors (Lipinski definition) is 0. The molecule has 0 N–H and O–H groups in total. The van der Waals surface area contributed by atoms with Gasteiger partial charge in [0.1, 0.15) is 5.75 Å². The molecule has 1 nitrogen and oxygen atoms in total. The third-order valence-electron chi connectivity index (χ3n) is 4.91. The molecule has 3 heteroatoms. The Morgan fingerprint density at radius 1 is 0.643 bits per heavy atom. The molecule has 0 aliphatic heterocycles. The molecule has 0 unspecified atom stereocenters. The molecule has 0 saturated heterocycles. The Bertz CT molecular complexity index is 837. The maximum atomic E-state index is 12.2. The lowest BCUT2D eigenvalue weighted by Crippen LogP contribution is -2.01. The predicted octanol–water partition coefficient (Wildman–Crippen LogP) is 7.08. The number of rotatable bonds is 9. The normalized spacial score (nSPS) is 11.0. The zero-order valence-electron chi connectivity index (χ0n) is 16.2. The van der Waals surface area contributed by atoms with Gasteiger partial charge in [0, 0.05) is 0 Å². The van der Waals surface area contributed by atoms with Crippen LogP contribution in [-0.2, 0) is 19.3 Å². The van der Waals surface area contributed by atoms with E-state index in [1.807, 2.05) is 0 Å². The highest BCUT2D eigenvalue weighted by Gasteiger charge is 2.05. The lowest BCUT2D eigenvalue weighted by atomic mass is 9.99. The van der Waals surface area contributed by atoms with Crippen molar-refractivity contribution in [2.45, 2.75) is 45.6 Å². The molecule has 0 amide bonds. The predicted molar refractivity (Wildman–Crippen MR) is 111 cm³/mol. The minimum Gasteiger partial charge on any atom is -0.435 e. The molecule has 0 bridgehead atoms. The highest BCUT2D eigenvalue weighted by atomic mass is 19.3. The third-order valence-corrected chi connectivity index (χ3v) is 4.91. The summed E-state index contributed by atoms with van der Waals surface area (Å²) in [5, 5.41) is 0. The molecule has 146 valence electrons. The fourth-order valence-electron chi connectivity index (χ4n) is 3.23. The van der Waals surface area contributed by atoms with Gasteiger partial charge >= 0.3 is 6.61 Å². The minimum absolute atomic E-state index is 0.177. The number of benzene rings is 3. The van der Waals surface area contributed by atoms with Crippen LogP contribution in [0.2, 0.25) is 0 Å². The molecule has 3 aromatic carbocycles. The summed E-state index contributed by atoms with van der Waals surface area (Å²) in [6.45, 7) is -0.575. The molecule has 0 saturated carbocycles. The fraction of sp³-hybridized carbons (Fsp3) is 0.280. The summed E-state index contributed by atoms with van der Waals surface area (Å²) >= 11 is 0. The number of ether oxygens (including phenoxy) is 1. The molecule has 0 spiro atoms. The van der Waals surface area contributed by atoms with Crippen LogP contribution in [0.5, 0.6) is 5.75 Å². The van der Waals surface area contributed by atoms with Crippen LogP contribution in [0, 0.1) is 0 Å². The van der Waals surface area contributed by atoms with E-state index in [1.54, 1.807) is 24.3 Å². The first-order chi connectivity index (χ1) is 13.6. The van der Waals surface area contributed by atoms with E-state index in [9.17, 15) is 8.78 Å². The molecule has 28 heavy (non-hydrogen) atoms. The van der Waals surface area contributed by atoms with E-state index in [2.05, 4.69) is 60.2 Å². The van der Waals surface area contributed by atoms with Crippen molar-refractivity contribution < 1.29 is 13.5 Å². The standard InChI is InChI=1S/C25H26F2O/c1-2-3-4-19-5-7-20(8-6-19)9-10-21-11-13-22(14-12-21)23-15-17-24(18-16-23)28-25(26)27/h5-8,11-18,25H,2-4,9-10H2,1H3. The number of unbranched alkanes of at least 4 members (excludes halogenated alkanes) is 1. The first-order valence-electron chi connectivity index (χ1n) is 9.86. The highest BCUT2D eigenvalue weighted by molar-refractivity contribution is 5.64. The average molecular weight is 380 g/mol. The van der Waals surface area contributed by atoms with E-state index in [-0.39, 0.29) is 5.75 Å². The molecule has 0 heterocycles. The van der Waals surface area contributed by atoms with Crippen molar-refractivity contribution in [2.24, 2.45) is 0 Å². The quantitative estimate of drug-likeness (QED) is 0.385. The summed E-state index contributed by atoms with van der Waals surface area (Å²) in [6.07, 6.45) is 5.65. The van der Waals surface area contributed by atoms with Crippen LogP contribution in [0.15, 0.2) is 72.8 Å². The average Bonchev–Trinajstić information content (AvgIpc) is 2.72. The molecular formula is C25H26F2O. The van der Waals surface area contributed by atoms with Gasteiger partial charge in [-0.05, 0) is 65.6 Å². The van der Waals surface area contributed by atoms with Gasteiger partial charge in [0.2, 0.25) is 0 Å². The van der Waals surface area contributed by atoms with Crippen molar-refractivity contribution >= 4 is 0 Å². The van der Waals surface area contributed by atoms with Gasteiger partial charge in [-0.1, -0.05) is 74.0 Å². The summed E-state index contributed by atoms with van der Waals surface area (Å²) in [5.74, 6) is 0.177. The van der Waals surface area contributed by atoms with Gasteiger partial charge in [-0.2, -0.15) is 8.78 Å². The van der Waals surface area contributed by atoms with Crippen LogP contribution in [-0.4, -0.2) is 6.61 Å². The Balaban J connectivity index is 1.55. The van der Waals surface area contributed by atoms with E-state index in [1.165, 1.54) is 29.5 Å². The van der Waals surface area contributed by atoms with Crippen molar-refractivity contribution in [3.05, 3.63) is 89.5 Å². The van der Waals surface area contributed by atoms with Crippen molar-refractivity contribution in [3.8, 4) is 16.9 Å². The summed E-state index contributed by atoms with van der Waals surface area (Å²) in [7, 11) is 0. The SMILES string of the molecule is CCCCc1ccc(CCc2ccc(-c3ccc(OC(F)F)cc3)cc2)cc1. The number of aryl methyl sites for hydroxylation is 3. The Morgan fingerprint density at radius 3 is 1.54 bits per heavy atom. The smallest absolute Gasteiger partial charge is 0.387 e. The lowest BCUT2D eigenvalue weighted by Gasteiger charge is -2.08. The van der Waals surface area contributed by atoms with Gasteiger partial charge < -0.3 is 4.74 Å². The maximum Gasteiger partial charge on any atom is 0.387 e. The van der Waals surface area contributed by atoms with Crippen molar-refractivity contribution in [1.82, 2.24) is 0 Å². The van der Waals surface area contributed by atoms with Gasteiger partial charge in [0.05, 0.1) is 0 Å². The summed E-state index contributed by atoms with van der Waals surface area (Å²) < 4.78 is 28.9. The van der Waals surface area contributed by atoms with Crippen molar-refractivity contribution in [3.63, 3.8) is 0 Å². The topological polar surface area (TPSA) is 9.23 Å². The number of alkyl halides is 2. The molecule has 0 aromatic heterocycles. The Labute approximate surface area is 166 Å². The van der Waals surface area contributed by atoms with E-state index >= 15 is 0 Å². The van der Waals surface area contributed by atoms with Crippen molar-refractivity contribution in [1.29, 1.82) is 0 Å². The van der Waals surface area contributed by atoms with Gasteiger partial charge in [-0.3, -0.25) is 0 Å². The Kier molecular flexibility index (Phi) is 7.18. The molecule has 0 radical (unpaired) electrons. The van der Waals surface area contributed by atoms with Crippen LogP contribution in [0.3, 0.4) is 0 Å². The van der Waals surface area contributed by atoms with E-state index in [0.29, 0.717) is 0 Å². The van der Waals surface area contributed by atoms with E-state index < -0.39 is 6.61 Å². The number of halogens is 2. The second kappa shape index (κ2) is 10.0. The Morgan fingerprint density at radius 2 is 1.07 bits per heavy atom. The van der Waals surface area contributed by atoms with Gasteiger partial charge in [0.15, 0.2) is 0 Å². The summed E-state index contributed by atoms with van der Waals surface area (Å²) in [6, 6.07) is 24.1. The molecule has 3 aromatic rings. The first kappa shape index (κ1) is 20.1. The summed E-state index contributed by atoms with van der Waals surface area (Å²) in [4.78, 5) is 0. The minimum atomic E-state index is -2.79. The third kappa shape index (κ3) is 5.91. The summed E-state index contributed by atoms with van der Waals surface area (Å²) in [5.41, 5.74) is 6.11. The highest BCUT2D eigenvalue weighted by Crippen LogP contribution is 2.24. The van der Waals surface area contributed by atoms with Gasteiger partial charge in [-0.15, -0.1) is 0 Å². The van der Waals surface area contributed by atoms with Gasteiger partial charge in [0.25, 0.3) is 0 Å². The Hall–Kier alpha value is -2.68. The number of hydrogen-bond acceptors (Lipinski definition) is 1. The van der Waals surface area contributed by atoms with Crippen LogP contribution in [0.1, 0.15) is 36.5 Å². The second-order valence-corrected chi connectivity index (χ2v) is 7.02. The largest absolute Gasteiger partial charge is 0.435 e. The van der Waals surface area contributed by atoms with Crippen LogP contribution in [0.4, 0.5) is 8.78 Å².